The first kappa shape index (κ1) is 36.8. The average molecular weight is 678 g/mol. The van der Waals surface area contributed by atoms with Gasteiger partial charge in [0.25, 0.3) is 0 Å². The van der Waals surface area contributed by atoms with E-state index in [-0.39, 0.29) is 29.7 Å². The van der Waals surface area contributed by atoms with Crippen LogP contribution in [0.3, 0.4) is 0 Å². The summed E-state index contributed by atoms with van der Waals surface area (Å²) in [6.07, 6.45) is 17.4. The van der Waals surface area contributed by atoms with E-state index in [0.29, 0.717) is 47.9 Å². The molecule has 11 heteroatoms. The lowest BCUT2D eigenvalue weighted by Crippen LogP contribution is -2.43. The summed E-state index contributed by atoms with van der Waals surface area (Å²) in [5.74, 6) is -1.62. The molecule has 4 rings (SSSR count). The van der Waals surface area contributed by atoms with Crippen molar-refractivity contribution in [3.8, 4) is 5.75 Å². The van der Waals surface area contributed by atoms with E-state index in [2.05, 4.69) is 15.6 Å². The second-order valence-corrected chi connectivity index (χ2v) is 13.2. The van der Waals surface area contributed by atoms with E-state index in [1.54, 1.807) is 42.8 Å². The van der Waals surface area contributed by atoms with Gasteiger partial charge >= 0.3 is 5.97 Å². The van der Waals surface area contributed by atoms with Gasteiger partial charge in [-0.05, 0) is 64.0 Å². The van der Waals surface area contributed by atoms with Crippen LogP contribution in [0.15, 0.2) is 71.3 Å². The van der Waals surface area contributed by atoms with Crippen LogP contribution in [-0.2, 0) is 30.3 Å². The SMILES string of the molecule is COC1\C=C/C=C\C=C/CC(OC(=O)C(C)NC(=O)C2=CCCCC2)C(C)C(O)/C(C)=C\CCc2c(O)c(cc3ncsc23)NC(=O)C1. The van der Waals surface area contributed by atoms with E-state index >= 15 is 0 Å². The molecule has 0 fully saturated rings. The molecule has 5 atom stereocenters. The van der Waals surface area contributed by atoms with Gasteiger partial charge in [0.05, 0.1) is 40.0 Å². The number of nitrogens with zero attached hydrogens (tertiary/aromatic N) is 1. The summed E-state index contributed by atoms with van der Waals surface area (Å²) in [6.45, 7) is 5.27. The zero-order valence-electron chi connectivity index (χ0n) is 28.1. The van der Waals surface area contributed by atoms with Crippen molar-refractivity contribution in [3.63, 3.8) is 0 Å². The minimum atomic E-state index is -0.922. The number of allylic oxidation sites excluding steroid dienone is 6. The number of amides is 2. The number of phenolic OH excluding ortho intramolecular Hbond substituents is 1. The maximum Gasteiger partial charge on any atom is 0.328 e. The maximum absolute atomic E-state index is 13.2. The van der Waals surface area contributed by atoms with Gasteiger partial charge in [-0.15, -0.1) is 11.3 Å². The first-order valence-electron chi connectivity index (χ1n) is 16.5. The lowest BCUT2D eigenvalue weighted by atomic mass is 9.90. The number of nitrogens with one attached hydrogen (secondary N) is 2. The summed E-state index contributed by atoms with van der Waals surface area (Å²) in [6, 6.07) is 0.806. The van der Waals surface area contributed by atoms with Gasteiger partial charge < -0.3 is 30.3 Å². The molecule has 4 N–H and O–H groups in total. The number of benzene rings is 1. The topological polar surface area (TPSA) is 147 Å². The van der Waals surface area contributed by atoms with Gasteiger partial charge in [0.2, 0.25) is 11.8 Å². The Labute approximate surface area is 286 Å². The first-order chi connectivity index (χ1) is 23.1. The van der Waals surface area contributed by atoms with Gasteiger partial charge in [-0.1, -0.05) is 55.5 Å². The van der Waals surface area contributed by atoms with Crippen LogP contribution in [0.25, 0.3) is 10.2 Å². The summed E-state index contributed by atoms with van der Waals surface area (Å²) >= 11 is 1.41. The zero-order chi connectivity index (χ0) is 34.6. The summed E-state index contributed by atoms with van der Waals surface area (Å²) in [5, 5.41) is 28.2. The van der Waals surface area contributed by atoms with Crippen molar-refractivity contribution in [2.75, 3.05) is 12.4 Å². The fraction of sp³-hybridized carbons (Fsp3) is 0.459. The Morgan fingerprint density at radius 3 is 2.67 bits per heavy atom. The molecule has 2 amide bonds. The van der Waals surface area contributed by atoms with E-state index in [4.69, 9.17) is 9.47 Å². The highest BCUT2D eigenvalue weighted by Gasteiger charge is 2.30. The molecule has 48 heavy (non-hydrogen) atoms. The van der Waals surface area contributed by atoms with Crippen molar-refractivity contribution in [2.45, 2.75) is 96.5 Å². The van der Waals surface area contributed by atoms with Crippen molar-refractivity contribution in [1.29, 1.82) is 0 Å². The second kappa shape index (κ2) is 17.9. The van der Waals surface area contributed by atoms with Crippen LogP contribution in [0.5, 0.6) is 5.75 Å². The van der Waals surface area contributed by atoms with Crippen LogP contribution in [0.2, 0.25) is 0 Å². The fourth-order valence-corrected chi connectivity index (χ4v) is 6.65. The van der Waals surface area contributed by atoms with Crippen molar-refractivity contribution in [2.24, 2.45) is 5.92 Å². The third kappa shape index (κ3) is 9.98. The van der Waals surface area contributed by atoms with Crippen LogP contribution in [0.1, 0.15) is 71.3 Å². The standard InChI is InChI=1S/C37H47N3O7S/c1-23-14-13-18-28-34(43)29(21-30-35(28)48-22-38-30)40-32(41)20-27(46-4)17-11-6-5-7-12-19-31(24(2)33(23)42)47-37(45)25(3)39-36(44)26-15-9-8-10-16-26/h5-7,11-12,14-15,17,21-22,24-25,27,31,33,42-43H,8-10,13,16,18-20H2,1-4H3,(H,39,44)(H,40,41)/b6-5-,12-7-,17-11-,23-14-. The molecular formula is C37H47N3O7S. The predicted molar refractivity (Wildman–Crippen MR) is 189 cm³/mol. The largest absolute Gasteiger partial charge is 0.505 e. The summed E-state index contributed by atoms with van der Waals surface area (Å²) in [4.78, 5) is 43.2. The number of phenols is 1. The number of aryl methyl sites for hydroxylation is 1. The molecule has 2 aliphatic rings. The van der Waals surface area contributed by atoms with Gasteiger partial charge in [-0.3, -0.25) is 9.59 Å². The highest BCUT2D eigenvalue weighted by molar-refractivity contribution is 7.17. The minimum absolute atomic E-state index is 0.0163. The molecule has 10 nitrogen and oxygen atoms in total. The highest BCUT2D eigenvalue weighted by Crippen LogP contribution is 2.38. The van der Waals surface area contributed by atoms with Crippen LogP contribution in [0, 0.1) is 5.92 Å². The number of aliphatic hydroxyl groups is 1. The predicted octanol–water partition coefficient (Wildman–Crippen LogP) is 6.21. The molecule has 0 saturated carbocycles. The lowest BCUT2D eigenvalue weighted by Gasteiger charge is -2.29. The van der Waals surface area contributed by atoms with Gasteiger partial charge in [0.1, 0.15) is 17.9 Å². The van der Waals surface area contributed by atoms with Crippen LogP contribution in [-0.4, -0.2) is 64.4 Å². The molecule has 0 radical (unpaired) electrons. The number of fused-ring (bicyclic) bond motifs is 4. The summed E-state index contributed by atoms with van der Waals surface area (Å²) in [5.41, 5.74) is 4.70. The monoisotopic (exact) mass is 677 g/mol. The van der Waals surface area contributed by atoms with Crippen molar-refractivity contribution in [3.05, 3.63) is 76.9 Å². The molecule has 2 bridgehead atoms. The van der Waals surface area contributed by atoms with Gasteiger partial charge in [0, 0.05) is 30.6 Å². The van der Waals surface area contributed by atoms with Crippen LogP contribution >= 0.6 is 11.3 Å². The van der Waals surface area contributed by atoms with Crippen molar-refractivity contribution >= 4 is 45.0 Å². The molecule has 2 heterocycles. The molecule has 1 aliphatic carbocycles. The third-order valence-electron chi connectivity index (χ3n) is 8.78. The Morgan fingerprint density at radius 2 is 1.92 bits per heavy atom. The van der Waals surface area contributed by atoms with Crippen molar-refractivity contribution < 1.29 is 34.1 Å². The molecule has 5 unspecified atom stereocenters. The number of anilines is 1. The molecule has 2 aromatic rings. The van der Waals surface area contributed by atoms with Gasteiger partial charge in [-0.2, -0.15) is 0 Å². The fourth-order valence-electron chi connectivity index (χ4n) is 5.80. The van der Waals surface area contributed by atoms with Gasteiger partial charge in [0.15, 0.2) is 0 Å². The normalized spacial score (nSPS) is 26.8. The Morgan fingerprint density at radius 1 is 1.12 bits per heavy atom. The number of carbonyl (C=O) groups excluding carboxylic acids is 3. The number of aliphatic hydroxyl groups excluding tert-OH is 1. The first-order valence-corrected chi connectivity index (χ1v) is 17.4. The molecule has 1 aromatic carbocycles. The average Bonchev–Trinajstić information content (AvgIpc) is 3.55. The smallest absolute Gasteiger partial charge is 0.328 e. The Kier molecular flexibility index (Phi) is 13.7. The van der Waals surface area contributed by atoms with E-state index in [0.717, 1.165) is 24.0 Å². The number of hydrogen-bond donors (Lipinski definition) is 4. The molecule has 258 valence electrons. The van der Waals surface area contributed by atoms with Crippen LogP contribution < -0.4 is 10.6 Å². The number of esters is 1. The van der Waals surface area contributed by atoms with Crippen LogP contribution in [0.4, 0.5) is 5.69 Å². The number of aromatic hydroxyl groups is 1. The number of rotatable bonds is 5. The van der Waals surface area contributed by atoms with E-state index in [9.17, 15) is 24.6 Å². The second-order valence-electron chi connectivity index (χ2n) is 12.3. The number of carbonyl (C=O) groups is 3. The Hall–Kier alpha value is -4.06. The minimum Gasteiger partial charge on any atom is -0.505 e. The Bertz CT molecular complexity index is 1610. The number of ether oxygens (including phenoxy) is 2. The summed E-state index contributed by atoms with van der Waals surface area (Å²) < 4.78 is 12.2. The van der Waals surface area contributed by atoms with Gasteiger partial charge in [-0.25, -0.2) is 9.78 Å². The van der Waals surface area contributed by atoms with E-state index in [1.165, 1.54) is 18.4 Å². The third-order valence-corrected chi connectivity index (χ3v) is 9.68. The molecule has 0 saturated heterocycles. The van der Waals surface area contributed by atoms with Crippen molar-refractivity contribution in [1.82, 2.24) is 10.3 Å². The Balaban J connectivity index is 1.57. The molecule has 1 aliphatic heterocycles. The lowest BCUT2D eigenvalue weighted by molar-refractivity contribution is -0.156. The quantitative estimate of drug-likeness (QED) is 0.166. The maximum atomic E-state index is 13.2. The zero-order valence-corrected chi connectivity index (χ0v) is 28.9. The molecule has 1 aromatic heterocycles. The number of methoxy groups -OCH3 is 1. The number of hydrogen-bond acceptors (Lipinski definition) is 9. The molecule has 0 spiro atoms. The van der Waals surface area contributed by atoms with E-state index in [1.807, 2.05) is 38.2 Å². The number of aromatic nitrogens is 1. The molecular weight excluding hydrogens is 630 g/mol. The number of thiazole rings is 1. The highest BCUT2D eigenvalue weighted by atomic mass is 32.1. The summed E-state index contributed by atoms with van der Waals surface area (Å²) in [7, 11) is 1.52. The van der Waals surface area contributed by atoms with E-state index < -0.39 is 36.2 Å².